The maximum Gasteiger partial charge on any atom is 0.321 e. The smallest absolute Gasteiger partial charge is 0.321 e. The zero-order valence-corrected chi connectivity index (χ0v) is 14.8. The number of carbonyl (C=O) groups excluding carboxylic acids is 2. The van der Waals surface area contributed by atoms with Crippen LogP contribution in [0.3, 0.4) is 0 Å². The summed E-state index contributed by atoms with van der Waals surface area (Å²) in [4.78, 5) is 26.2. The van der Waals surface area contributed by atoms with Crippen molar-refractivity contribution in [2.24, 2.45) is 0 Å². The van der Waals surface area contributed by atoms with Gasteiger partial charge in [0.05, 0.1) is 0 Å². The Morgan fingerprint density at radius 3 is 2.42 bits per heavy atom. The first-order valence-electron chi connectivity index (χ1n) is 8.39. The van der Waals surface area contributed by atoms with Crippen molar-refractivity contribution in [3.8, 4) is 0 Å². The van der Waals surface area contributed by atoms with Crippen LogP contribution in [0.5, 0.6) is 0 Å². The molecule has 0 spiro atoms. The second kappa shape index (κ2) is 8.19. The fraction of sp³-hybridized carbons (Fsp3) is 0.263. The normalized spacial score (nSPS) is 14.8. The van der Waals surface area contributed by atoms with Gasteiger partial charge in [-0.15, -0.1) is 0 Å². The highest BCUT2D eigenvalue weighted by molar-refractivity contribution is 6.30. The van der Waals surface area contributed by atoms with Gasteiger partial charge in [-0.1, -0.05) is 17.7 Å². The van der Waals surface area contributed by atoms with E-state index in [0.717, 1.165) is 0 Å². The molecule has 1 aliphatic rings. The van der Waals surface area contributed by atoms with Crippen molar-refractivity contribution >= 4 is 29.2 Å². The van der Waals surface area contributed by atoms with Crippen LogP contribution < -0.4 is 10.6 Å². The molecule has 3 rings (SSSR count). The average Bonchev–Trinajstić information content (AvgIpc) is 2.63. The van der Waals surface area contributed by atoms with Crippen LogP contribution in [0.2, 0.25) is 5.02 Å². The molecule has 0 aliphatic carbocycles. The van der Waals surface area contributed by atoms with Crippen LogP contribution >= 0.6 is 11.6 Å². The van der Waals surface area contributed by atoms with Crippen LogP contribution in [0.15, 0.2) is 48.5 Å². The number of hydrogen-bond acceptors (Lipinski definition) is 2. The molecule has 2 aromatic carbocycles. The summed E-state index contributed by atoms with van der Waals surface area (Å²) in [7, 11) is 0. The predicted molar refractivity (Wildman–Crippen MR) is 98.9 cm³/mol. The van der Waals surface area contributed by atoms with Crippen LogP contribution in [0.4, 0.5) is 14.9 Å². The largest absolute Gasteiger partial charge is 0.349 e. The third-order valence-corrected chi connectivity index (χ3v) is 4.53. The number of nitrogens with one attached hydrogen (secondary N) is 2. The lowest BCUT2D eigenvalue weighted by molar-refractivity contribution is 0.0919. The van der Waals surface area contributed by atoms with E-state index < -0.39 is 0 Å². The molecule has 1 fully saturated rings. The number of benzene rings is 2. The molecule has 1 saturated heterocycles. The van der Waals surface area contributed by atoms with Crippen LogP contribution in [0.1, 0.15) is 23.2 Å². The maximum atomic E-state index is 12.9. The third kappa shape index (κ3) is 4.73. The Bertz CT molecular complexity index is 790. The van der Waals surface area contributed by atoms with Gasteiger partial charge in [0.2, 0.25) is 0 Å². The Morgan fingerprint density at radius 2 is 1.77 bits per heavy atom. The number of urea groups is 1. The van der Waals surface area contributed by atoms with Crippen LogP contribution in [0, 0.1) is 5.82 Å². The molecule has 0 atom stereocenters. The number of likely N-dealkylation sites (tertiary alicyclic amines) is 1. The molecule has 0 aromatic heterocycles. The fourth-order valence-corrected chi connectivity index (χ4v) is 3.06. The van der Waals surface area contributed by atoms with Gasteiger partial charge in [0.1, 0.15) is 5.82 Å². The molecule has 0 unspecified atom stereocenters. The lowest BCUT2D eigenvalue weighted by Gasteiger charge is -2.32. The second-order valence-electron chi connectivity index (χ2n) is 6.18. The van der Waals surface area contributed by atoms with Gasteiger partial charge in [0.15, 0.2) is 0 Å². The minimum atomic E-state index is -0.374. The lowest BCUT2D eigenvalue weighted by Crippen LogP contribution is -2.47. The minimum absolute atomic E-state index is 0.0113. The van der Waals surface area contributed by atoms with E-state index in [1.54, 1.807) is 29.2 Å². The average molecular weight is 376 g/mol. The van der Waals surface area contributed by atoms with Crippen molar-refractivity contribution in [3.05, 3.63) is 64.9 Å². The number of nitrogens with zero attached hydrogens (tertiary/aromatic N) is 1. The van der Waals surface area contributed by atoms with Crippen LogP contribution in [-0.2, 0) is 0 Å². The highest BCUT2D eigenvalue weighted by Gasteiger charge is 2.24. The Labute approximate surface area is 156 Å². The standard InChI is InChI=1S/C19H19ClFN3O2/c20-14-2-1-3-17(12-14)23-19(26)24-10-8-16(9-11-24)22-18(25)13-4-6-15(21)7-5-13/h1-7,12,16H,8-11H2,(H,22,25)(H,23,26). The first-order valence-corrected chi connectivity index (χ1v) is 8.77. The molecule has 1 aliphatic heterocycles. The molecule has 26 heavy (non-hydrogen) atoms. The highest BCUT2D eigenvalue weighted by atomic mass is 35.5. The molecule has 5 nitrogen and oxygen atoms in total. The quantitative estimate of drug-likeness (QED) is 0.854. The second-order valence-corrected chi connectivity index (χ2v) is 6.62. The number of carbonyl (C=O) groups is 2. The van der Waals surface area contributed by atoms with E-state index in [9.17, 15) is 14.0 Å². The zero-order chi connectivity index (χ0) is 18.5. The molecule has 2 N–H and O–H groups in total. The summed E-state index contributed by atoms with van der Waals surface area (Å²) in [5, 5.41) is 6.31. The number of amides is 3. The molecule has 3 amide bonds. The van der Waals surface area contributed by atoms with Gasteiger partial charge in [-0.05, 0) is 55.3 Å². The molecule has 0 saturated carbocycles. The zero-order valence-electron chi connectivity index (χ0n) is 14.0. The van der Waals surface area contributed by atoms with Crippen molar-refractivity contribution in [1.82, 2.24) is 10.2 Å². The van der Waals surface area contributed by atoms with E-state index in [1.807, 2.05) is 0 Å². The summed E-state index contributed by atoms with van der Waals surface area (Å²) in [5.41, 5.74) is 1.07. The van der Waals surface area contributed by atoms with Gasteiger partial charge >= 0.3 is 6.03 Å². The highest BCUT2D eigenvalue weighted by Crippen LogP contribution is 2.17. The van der Waals surface area contributed by atoms with E-state index in [1.165, 1.54) is 24.3 Å². The van der Waals surface area contributed by atoms with E-state index in [0.29, 0.717) is 42.2 Å². The van der Waals surface area contributed by atoms with Gasteiger partial charge in [-0.2, -0.15) is 0 Å². The van der Waals surface area contributed by atoms with E-state index in [-0.39, 0.29) is 23.8 Å². The van der Waals surface area contributed by atoms with E-state index >= 15 is 0 Å². The monoisotopic (exact) mass is 375 g/mol. The maximum absolute atomic E-state index is 12.9. The summed E-state index contributed by atoms with van der Waals surface area (Å²) in [6, 6.07) is 12.2. The number of hydrogen-bond donors (Lipinski definition) is 2. The van der Waals surface area contributed by atoms with E-state index in [4.69, 9.17) is 11.6 Å². The molecule has 136 valence electrons. The van der Waals surface area contributed by atoms with Gasteiger partial charge in [-0.3, -0.25) is 4.79 Å². The molecular weight excluding hydrogens is 357 g/mol. The molecular formula is C19H19ClFN3O2. The lowest BCUT2D eigenvalue weighted by atomic mass is 10.0. The summed E-state index contributed by atoms with van der Waals surface area (Å²) < 4.78 is 12.9. The molecule has 1 heterocycles. The van der Waals surface area contributed by atoms with Crippen molar-refractivity contribution in [2.75, 3.05) is 18.4 Å². The summed E-state index contributed by atoms with van der Waals surface area (Å²) in [5.74, 6) is -0.604. The molecule has 7 heteroatoms. The number of anilines is 1. The number of piperidine rings is 1. The van der Waals surface area contributed by atoms with Crippen molar-refractivity contribution in [3.63, 3.8) is 0 Å². The predicted octanol–water partition coefficient (Wildman–Crippen LogP) is 3.91. The first kappa shape index (κ1) is 18.2. The third-order valence-electron chi connectivity index (χ3n) is 4.30. The minimum Gasteiger partial charge on any atom is -0.349 e. The van der Waals surface area contributed by atoms with Gasteiger partial charge in [0, 0.05) is 35.4 Å². The summed E-state index contributed by atoms with van der Waals surface area (Å²) in [6.07, 6.45) is 1.33. The van der Waals surface area contributed by atoms with Crippen LogP contribution in [0.25, 0.3) is 0 Å². The van der Waals surface area contributed by atoms with Crippen LogP contribution in [-0.4, -0.2) is 36.0 Å². The Hall–Kier alpha value is -2.60. The number of rotatable bonds is 3. The summed E-state index contributed by atoms with van der Waals surface area (Å²) in [6.45, 7) is 1.08. The van der Waals surface area contributed by atoms with Gasteiger partial charge in [-0.25, -0.2) is 9.18 Å². The van der Waals surface area contributed by atoms with Crippen molar-refractivity contribution in [2.45, 2.75) is 18.9 Å². The van der Waals surface area contributed by atoms with Gasteiger partial charge in [0.25, 0.3) is 5.91 Å². The SMILES string of the molecule is O=C(NC1CCN(C(=O)Nc2cccc(Cl)c2)CC1)c1ccc(F)cc1. The molecule has 0 bridgehead atoms. The Kier molecular flexibility index (Phi) is 5.73. The fourth-order valence-electron chi connectivity index (χ4n) is 2.87. The topological polar surface area (TPSA) is 61.4 Å². The Morgan fingerprint density at radius 1 is 1.08 bits per heavy atom. The van der Waals surface area contributed by atoms with Crippen molar-refractivity contribution < 1.29 is 14.0 Å². The van der Waals surface area contributed by atoms with Crippen molar-refractivity contribution in [1.29, 1.82) is 0 Å². The number of halogens is 2. The molecule has 0 radical (unpaired) electrons. The first-order chi connectivity index (χ1) is 12.5. The van der Waals surface area contributed by atoms with Gasteiger partial charge < -0.3 is 15.5 Å². The summed E-state index contributed by atoms with van der Waals surface area (Å²) >= 11 is 5.91. The Balaban J connectivity index is 1.48. The van der Waals surface area contributed by atoms with E-state index in [2.05, 4.69) is 10.6 Å². The molecule has 2 aromatic rings.